The van der Waals surface area contributed by atoms with Gasteiger partial charge in [0, 0.05) is 12.7 Å². The quantitative estimate of drug-likeness (QED) is 0.875. The smallest absolute Gasteiger partial charge is 0.207 e. The number of rotatable bonds is 5. The molecule has 1 heterocycles. The number of unbranched alkanes of at least 4 members (excludes halogenated alkanes) is 1. The lowest BCUT2D eigenvalue weighted by molar-refractivity contribution is 0.625. The van der Waals surface area contributed by atoms with E-state index in [1.165, 1.54) is 6.07 Å². The molecule has 0 aliphatic heterocycles. The predicted molar refractivity (Wildman–Crippen MR) is 76.3 cm³/mol. The molecule has 0 atom stereocenters. The van der Waals surface area contributed by atoms with E-state index in [0.29, 0.717) is 11.6 Å². The highest BCUT2D eigenvalue weighted by molar-refractivity contribution is 5.56. The average molecular weight is 261 g/mol. The van der Waals surface area contributed by atoms with Gasteiger partial charge in [0.05, 0.1) is 11.4 Å². The van der Waals surface area contributed by atoms with Crippen LogP contribution in [0.15, 0.2) is 24.4 Å². The number of aryl methyl sites for hydroxylation is 3. The third-order valence-corrected chi connectivity index (χ3v) is 3.02. The van der Waals surface area contributed by atoms with Crippen molar-refractivity contribution in [3.63, 3.8) is 0 Å². The summed E-state index contributed by atoms with van der Waals surface area (Å²) >= 11 is 0. The molecule has 0 aliphatic rings. The van der Waals surface area contributed by atoms with Crippen LogP contribution in [-0.4, -0.2) is 9.55 Å². The molecule has 0 radical (unpaired) electrons. The first kappa shape index (κ1) is 13.6. The van der Waals surface area contributed by atoms with Crippen molar-refractivity contribution in [3.05, 3.63) is 41.5 Å². The Labute approximate surface area is 113 Å². The number of halogens is 1. The molecule has 4 heteroatoms. The SMILES string of the molecule is CCCCn1cc(C)nc1Nc1cc(C)ccc1F. The molecule has 0 aliphatic carbocycles. The van der Waals surface area contributed by atoms with Gasteiger partial charge in [0.15, 0.2) is 0 Å². The zero-order chi connectivity index (χ0) is 13.8. The Balaban J connectivity index is 2.24. The molecule has 0 bridgehead atoms. The van der Waals surface area contributed by atoms with Gasteiger partial charge >= 0.3 is 0 Å². The Morgan fingerprint density at radius 1 is 1.32 bits per heavy atom. The summed E-state index contributed by atoms with van der Waals surface area (Å²) in [6, 6.07) is 5.03. The van der Waals surface area contributed by atoms with Crippen molar-refractivity contribution in [2.45, 2.75) is 40.2 Å². The van der Waals surface area contributed by atoms with Gasteiger partial charge in [-0.3, -0.25) is 0 Å². The van der Waals surface area contributed by atoms with E-state index >= 15 is 0 Å². The van der Waals surface area contributed by atoms with Crippen molar-refractivity contribution in [2.75, 3.05) is 5.32 Å². The van der Waals surface area contributed by atoms with Gasteiger partial charge in [-0.05, 0) is 38.0 Å². The van der Waals surface area contributed by atoms with Crippen LogP contribution in [-0.2, 0) is 6.54 Å². The van der Waals surface area contributed by atoms with E-state index in [1.807, 2.05) is 24.6 Å². The minimum absolute atomic E-state index is 0.256. The largest absolute Gasteiger partial charge is 0.323 e. The Morgan fingerprint density at radius 2 is 2.11 bits per heavy atom. The lowest BCUT2D eigenvalue weighted by Crippen LogP contribution is -2.04. The number of hydrogen-bond acceptors (Lipinski definition) is 2. The van der Waals surface area contributed by atoms with Gasteiger partial charge in [-0.15, -0.1) is 0 Å². The maximum atomic E-state index is 13.7. The molecular formula is C15H20FN3. The fraction of sp³-hybridized carbons (Fsp3) is 0.400. The zero-order valence-electron chi connectivity index (χ0n) is 11.7. The summed E-state index contributed by atoms with van der Waals surface area (Å²) < 4.78 is 15.8. The number of hydrogen-bond donors (Lipinski definition) is 1. The molecule has 0 saturated heterocycles. The lowest BCUT2D eigenvalue weighted by atomic mass is 10.2. The third-order valence-electron chi connectivity index (χ3n) is 3.02. The van der Waals surface area contributed by atoms with Gasteiger partial charge in [0.1, 0.15) is 5.82 Å². The summed E-state index contributed by atoms with van der Waals surface area (Å²) in [7, 11) is 0. The number of nitrogens with one attached hydrogen (secondary N) is 1. The highest BCUT2D eigenvalue weighted by Crippen LogP contribution is 2.21. The average Bonchev–Trinajstić information content (AvgIpc) is 2.71. The molecule has 1 N–H and O–H groups in total. The lowest BCUT2D eigenvalue weighted by Gasteiger charge is -2.10. The molecule has 0 fully saturated rings. The van der Waals surface area contributed by atoms with Crippen LogP contribution in [0.5, 0.6) is 0 Å². The van der Waals surface area contributed by atoms with Crippen LogP contribution in [0.2, 0.25) is 0 Å². The molecule has 1 aromatic carbocycles. The van der Waals surface area contributed by atoms with Gasteiger partial charge in [-0.1, -0.05) is 19.4 Å². The van der Waals surface area contributed by atoms with Gasteiger partial charge in [0.25, 0.3) is 0 Å². The van der Waals surface area contributed by atoms with Gasteiger partial charge in [-0.2, -0.15) is 0 Å². The first-order valence-corrected chi connectivity index (χ1v) is 6.67. The Hall–Kier alpha value is -1.84. The zero-order valence-corrected chi connectivity index (χ0v) is 11.7. The van der Waals surface area contributed by atoms with Crippen LogP contribution < -0.4 is 5.32 Å². The van der Waals surface area contributed by atoms with Crippen molar-refractivity contribution < 1.29 is 4.39 Å². The summed E-state index contributed by atoms with van der Waals surface area (Å²) in [6.07, 6.45) is 4.20. The topological polar surface area (TPSA) is 29.9 Å². The van der Waals surface area contributed by atoms with E-state index in [4.69, 9.17) is 0 Å². The van der Waals surface area contributed by atoms with Crippen molar-refractivity contribution in [1.82, 2.24) is 9.55 Å². The van der Waals surface area contributed by atoms with E-state index in [9.17, 15) is 4.39 Å². The van der Waals surface area contributed by atoms with E-state index < -0.39 is 0 Å². The number of nitrogens with zero attached hydrogens (tertiary/aromatic N) is 2. The van der Waals surface area contributed by atoms with E-state index in [0.717, 1.165) is 30.6 Å². The van der Waals surface area contributed by atoms with E-state index in [2.05, 4.69) is 17.2 Å². The van der Waals surface area contributed by atoms with Crippen LogP contribution in [0.3, 0.4) is 0 Å². The minimum Gasteiger partial charge on any atom is -0.323 e. The predicted octanol–water partition coefficient (Wildman–Crippen LogP) is 4.18. The molecule has 19 heavy (non-hydrogen) atoms. The standard InChI is InChI=1S/C15H20FN3/c1-4-5-8-19-10-12(3)17-15(19)18-14-9-11(2)6-7-13(14)16/h6-7,9-10H,4-5,8H2,1-3H3,(H,17,18). The molecule has 102 valence electrons. The Kier molecular flexibility index (Phi) is 4.20. The van der Waals surface area contributed by atoms with Crippen molar-refractivity contribution in [1.29, 1.82) is 0 Å². The maximum Gasteiger partial charge on any atom is 0.207 e. The second-order valence-electron chi connectivity index (χ2n) is 4.86. The Morgan fingerprint density at radius 3 is 2.84 bits per heavy atom. The molecule has 2 aromatic rings. The molecule has 0 saturated carbocycles. The molecule has 3 nitrogen and oxygen atoms in total. The van der Waals surface area contributed by atoms with E-state index in [-0.39, 0.29) is 5.82 Å². The Bertz CT molecular complexity index is 561. The van der Waals surface area contributed by atoms with Gasteiger partial charge in [-0.25, -0.2) is 9.37 Å². The van der Waals surface area contributed by atoms with Gasteiger partial charge in [0.2, 0.25) is 5.95 Å². The highest BCUT2D eigenvalue weighted by atomic mass is 19.1. The van der Waals surface area contributed by atoms with Crippen LogP contribution in [0.4, 0.5) is 16.0 Å². The molecule has 1 aromatic heterocycles. The second kappa shape index (κ2) is 5.87. The van der Waals surface area contributed by atoms with Crippen molar-refractivity contribution in [2.24, 2.45) is 0 Å². The van der Waals surface area contributed by atoms with Crippen molar-refractivity contribution in [3.8, 4) is 0 Å². The first-order chi connectivity index (χ1) is 9.10. The fourth-order valence-corrected chi connectivity index (χ4v) is 2.00. The number of benzene rings is 1. The highest BCUT2D eigenvalue weighted by Gasteiger charge is 2.08. The fourth-order valence-electron chi connectivity index (χ4n) is 2.00. The van der Waals surface area contributed by atoms with E-state index in [1.54, 1.807) is 12.1 Å². The van der Waals surface area contributed by atoms with Crippen LogP contribution in [0.25, 0.3) is 0 Å². The molecular weight excluding hydrogens is 241 g/mol. The van der Waals surface area contributed by atoms with Gasteiger partial charge < -0.3 is 9.88 Å². The van der Waals surface area contributed by atoms with Crippen LogP contribution in [0.1, 0.15) is 31.0 Å². The van der Waals surface area contributed by atoms with Crippen LogP contribution >= 0.6 is 0 Å². The minimum atomic E-state index is -0.256. The molecule has 2 rings (SSSR count). The summed E-state index contributed by atoms with van der Waals surface area (Å²) in [5.41, 5.74) is 2.43. The molecule has 0 unspecified atom stereocenters. The summed E-state index contributed by atoms with van der Waals surface area (Å²) in [6.45, 7) is 6.93. The third kappa shape index (κ3) is 3.34. The summed E-state index contributed by atoms with van der Waals surface area (Å²) in [5.74, 6) is 0.448. The molecule has 0 spiro atoms. The normalized spacial score (nSPS) is 10.7. The number of anilines is 2. The first-order valence-electron chi connectivity index (χ1n) is 6.67. The summed E-state index contributed by atoms with van der Waals surface area (Å²) in [4.78, 5) is 4.41. The second-order valence-corrected chi connectivity index (χ2v) is 4.86. The van der Waals surface area contributed by atoms with Crippen molar-refractivity contribution >= 4 is 11.6 Å². The molecule has 0 amide bonds. The maximum absolute atomic E-state index is 13.7. The van der Waals surface area contributed by atoms with Crippen LogP contribution in [0, 0.1) is 19.7 Å². The number of aromatic nitrogens is 2. The number of imidazole rings is 1. The summed E-state index contributed by atoms with van der Waals surface area (Å²) in [5, 5.41) is 3.09. The monoisotopic (exact) mass is 261 g/mol.